The van der Waals surface area contributed by atoms with Crippen molar-refractivity contribution in [3.63, 3.8) is 0 Å². The molecule has 0 heterocycles. The van der Waals surface area contributed by atoms with Crippen LogP contribution in [0.4, 0.5) is 0 Å². The SMILES string of the molecule is CC.CC.CC1=C(C)C(C)(C)CC1. The Morgan fingerprint density at radius 1 is 0.923 bits per heavy atom. The average Bonchev–Trinajstić information content (AvgIpc) is 2.40. The van der Waals surface area contributed by atoms with Crippen LogP contribution in [0.15, 0.2) is 11.1 Å². The minimum atomic E-state index is 0.504. The summed E-state index contributed by atoms with van der Waals surface area (Å²) in [6, 6.07) is 0. The molecule has 1 aliphatic rings. The first-order valence-electron chi connectivity index (χ1n) is 5.71. The Morgan fingerprint density at radius 2 is 1.31 bits per heavy atom. The minimum absolute atomic E-state index is 0.504. The van der Waals surface area contributed by atoms with Crippen LogP contribution in [0.2, 0.25) is 0 Å². The quantitative estimate of drug-likeness (QED) is 0.454. The van der Waals surface area contributed by atoms with Gasteiger partial charge < -0.3 is 0 Å². The van der Waals surface area contributed by atoms with Crippen LogP contribution in [-0.2, 0) is 0 Å². The van der Waals surface area contributed by atoms with Crippen molar-refractivity contribution < 1.29 is 0 Å². The molecule has 0 aromatic carbocycles. The van der Waals surface area contributed by atoms with Gasteiger partial charge in [0.2, 0.25) is 0 Å². The first kappa shape index (κ1) is 15.2. The van der Waals surface area contributed by atoms with Crippen molar-refractivity contribution in [1.29, 1.82) is 0 Å². The number of allylic oxidation sites excluding steroid dienone is 2. The second kappa shape index (κ2) is 7.17. The number of rotatable bonds is 0. The molecule has 0 saturated heterocycles. The molecule has 0 heteroatoms. The van der Waals surface area contributed by atoms with E-state index in [-0.39, 0.29) is 0 Å². The van der Waals surface area contributed by atoms with E-state index in [1.54, 1.807) is 11.1 Å². The van der Waals surface area contributed by atoms with Gasteiger partial charge in [-0.15, -0.1) is 0 Å². The monoisotopic (exact) mass is 184 g/mol. The van der Waals surface area contributed by atoms with Crippen LogP contribution in [0.3, 0.4) is 0 Å². The van der Waals surface area contributed by atoms with Crippen molar-refractivity contribution in [3.05, 3.63) is 11.1 Å². The van der Waals surface area contributed by atoms with Gasteiger partial charge >= 0.3 is 0 Å². The molecule has 0 amide bonds. The van der Waals surface area contributed by atoms with Gasteiger partial charge in [0.1, 0.15) is 0 Å². The van der Waals surface area contributed by atoms with Gasteiger partial charge in [-0.25, -0.2) is 0 Å². The van der Waals surface area contributed by atoms with Crippen molar-refractivity contribution in [2.45, 2.75) is 68.2 Å². The van der Waals surface area contributed by atoms with E-state index in [1.807, 2.05) is 27.7 Å². The molecule has 0 aromatic heterocycles. The summed E-state index contributed by atoms with van der Waals surface area (Å²) in [6.07, 6.45) is 2.67. The first-order valence-corrected chi connectivity index (χ1v) is 5.71. The summed E-state index contributed by atoms with van der Waals surface area (Å²) < 4.78 is 0. The molecule has 0 bridgehead atoms. The van der Waals surface area contributed by atoms with E-state index in [0.29, 0.717) is 5.41 Å². The third-order valence-electron chi connectivity index (χ3n) is 2.78. The fraction of sp³-hybridized carbons (Fsp3) is 0.846. The lowest BCUT2D eigenvalue weighted by atomic mass is 9.87. The van der Waals surface area contributed by atoms with Crippen molar-refractivity contribution in [3.8, 4) is 0 Å². The van der Waals surface area contributed by atoms with E-state index in [1.165, 1.54) is 12.8 Å². The van der Waals surface area contributed by atoms with Crippen LogP contribution in [0, 0.1) is 5.41 Å². The van der Waals surface area contributed by atoms with Gasteiger partial charge in [0.15, 0.2) is 0 Å². The highest BCUT2D eigenvalue weighted by Crippen LogP contribution is 2.41. The molecule has 0 N–H and O–H groups in total. The van der Waals surface area contributed by atoms with Crippen LogP contribution in [-0.4, -0.2) is 0 Å². The summed E-state index contributed by atoms with van der Waals surface area (Å²) in [6.45, 7) is 17.2. The second-order valence-electron chi connectivity index (χ2n) is 3.79. The third-order valence-corrected chi connectivity index (χ3v) is 2.78. The maximum atomic E-state index is 2.33. The predicted molar refractivity (Wildman–Crippen MR) is 64.1 cm³/mol. The van der Waals surface area contributed by atoms with Gasteiger partial charge in [0.05, 0.1) is 0 Å². The van der Waals surface area contributed by atoms with Crippen LogP contribution < -0.4 is 0 Å². The highest BCUT2D eigenvalue weighted by Gasteiger charge is 2.26. The molecule has 0 radical (unpaired) electrons. The fourth-order valence-electron chi connectivity index (χ4n) is 1.45. The average molecular weight is 184 g/mol. The maximum Gasteiger partial charge on any atom is -0.0142 e. The van der Waals surface area contributed by atoms with E-state index in [4.69, 9.17) is 0 Å². The molecule has 1 aliphatic carbocycles. The van der Waals surface area contributed by atoms with Crippen LogP contribution >= 0.6 is 0 Å². The molecule has 0 fully saturated rings. The summed E-state index contributed by atoms with van der Waals surface area (Å²) >= 11 is 0. The predicted octanol–water partition coefficient (Wildman–Crippen LogP) is 5.20. The zero-order chi connectivity index (χ0) is 11.1. The molecular formula is C13H28. The highest BCUT2D eigenvalue weighted by atomic mass is 14.3. The molecule has 0 aliphatic heterocycles. The summed E-state index contributed by atoms with van der Waals surface area (Å²) in [7, 11) is 0. The molecule has 0 spiro atoms. The van der Waals surface area contributed by atoms with E-state index >= 15 is 0 Å². The number of hydrogen-bond acceptors (Lipinski definition) is 0. The molecule has 0 atom stereocenters. The van der Waals surface area contributed by atoms with Crippen molar-refractivity contribution in [2.24, 2.45) is 5.41 Å². The van der Waals surface area contributed by atoms with Crippen molar-refractivity contribution >= 4 is 0 Å². The van der Waals surface area contributed by atoms with E-state index < -0.39 is 0 Å². The molecule has 0 nitrogen and oxygen atoms in total. The maximum absolute atomic E-state index is 2.33. The third kappa shape index (κ3) is 4.50. The summed E-state index contributed by atoms with van der Waals surface area (Å²) in [5.74, 6) is 0. The molecule has 0 aromatic rings. The normalized spacial score (nSPS) is 18.5. The van der Waals surface area contributed by atoms with Gasteiger partial charge in [-0.05, 0) is 32.1 Å². The molecular weight excluding hydrogens is 156 g/mol. The first-order chi connectivity index (χ1) is 6.04. The summed E-state index contributed by atoms with van der Waals surface area (Å²) in [5, 5.41) is 0. The standard InChI is InChI=1S/C9H16.2C2H6/c1-7-5-6-9(3,4)8(7)2;2*1-2/h5-6H2,1-4H3;2*1-2H3. The lowest BCUT2D eigenvalue weighted by Gasteiger charge is -2.18. The van der Waals surface area contributed by atoms with Gasteiger partial charge in [0, 0.05) is 0 Å². The lowest BCUT2D eigenvalue weighted by molar-refractivity contribution is 0.443. The zero-order valence-corrected chi connectivity index (χ0v) is 10.9. The fourth-order valence-corrected chi connectivity index (χ4v) is 1.45. The Morgan fingerprint density at radius 3 is 1.38 bits per heavy atom. The van der Waals surface area contributed by atoms with Crippen LogP contribution in [0.5, 0.6) is 0 Å². The van der Waals surface area contributed by atoms with E-state index in [9.17, 15) is 0 Å². The summed E-state index contributed by atoms with van der Waals surface area (Å²) in [4.78, 5) is 0. The van der Waals surface area contributed by atoms with Crippen molar-refractivity contribution in [1.82, 2.24) is 0 Å². The summed E-state index contributed by atoms with van der Waals surface area (Å²) in [5.41, 5.74) is 3.73. The van der Waals surface area contributed by atoms with Gasteiger partial charge in [-0.3, -0.25) is 0 Å². The van der Waals surface area contributed by atoms with Crippen LogP contribution in [0.25, 0.3) is 0 Å². The zero-order valence-electron chi connectivity index (χ0n) is 10.9. The molecule has 80 valence electrons. The topological polar surface area (TPSA) is 0 Å². The van der Waals surface area contributed by atoms with Crippen LogP contribution in [0.1, 0.15) is 68.2 Å². The Balaban J connectivity index is 0. The largest absolute Gasteiger partial charge is 0.0738 e. The lowest BCUT2D eigenvalue weighted by Crippen LogP contribution is -2.06. The van der Waals surface area contributed by atoms with Gasteiger partial charge in [-0.1, -0.05) is 52.7 Å². The Labute approximate surface area is 85.4 Å². The van der Waals surface area contributed by atoms with Gasteiger partial charge in [-0.2, -0.15) is 0 Å². The van der Waals surface area contributed by atoms with Gasteiger partial charge in [0.25, 0.3) is 0 Å². The van der Waals surface area contributed by atoms with E-state index in [0.717, 1.165) is 0 Å². The Kier molecular flexibility index (Phi) is 8.40. The van der Waals surface area contributed by atoms with Crippen molar-refractivity contribution in [2.75, 3.05) is 0 Å². The highest BCUT2D eigenvalue weighted by molar-refractivity contribution is 5.22. The Hall–Kier alpha value is -0.260. The van der Waals surface area contributed by atoms with E-state index in [2.05, 4.69) is 27.7 Å². The second-order valence-corrected chi connectivity index (χ2v) is 3.79. The number of hydrogen-bond donors (Lipinski definition) is 0. The molecule has 0 saturated carbocycles. The Bertz CT molecular complexity index is 149. The molecule has 1 rings (SSSR count). The minimum Gasteiger partial charge on any atom is -0.0738 e. The smallest absolute Gasteiger partial charge is 0.0142 e. The molecule has 0 unspecified atom stereocenters. The molecule has 13 heavy (non-hydrogen) atoms.